The molecule has 0 unspecified atom stereocenters. The zero-order valence-electron chi connectivity index (χ0n) is 20.3. The smallest absolute Gasteiger partial charge is 0.416 e. The third kappa shape index (κ3) is 4.66. The van der Waals surface area contributed by atoms with E-state index in [0.29, 0.717) is 22.2 Å². The lowest BCUT2D eigenvalue weighted by Crippen LogP contribution is -2.30. The monoisotopic (exact) mass is 515 g/mol. The SMILES string of the molecule is Cc1cc(C)c(S(=O)(=O)[O-])c(C)c1.Cc1cc2c3cccn3c3ccc(C(F)(F)F)cc3[n+]2nc1C. The highest BCUT2D eigenvalue weighted by molar-refractivity contribution is 7.85. The average Bonchev–Trinajstić information content (AvgIpc) is 3.23. The van der Waals surface area contributed by atoms with Gasteiger partial charge in [-0.3, -0.25) is 0 Å². The van der Waals surface area contributed by atoms with E-state index in [4.69, 9.17) is 0 Å². The van der Waals surface area contributed by atoms with Gasteiger partial charge in [0.15, 0.2) is 0 Å². The molecule has 10 heteroatoms. The van der Waals surface area contributed by atoms with Gasteiger partial charge in [0.1, 0.15) is 26.8 Å². The number of aryl methyl sites for hydroxylation is 5. The minimum absolute atomic E-state index is 0.0851. The van der Waals surface area contributed by atoms with Crippen LogP contribution in [0.5, 0.6) is 0 Å². The number of hydrogen-bond acceptors (Lipinski definition) is 4. The summed E-state index contributed by atoms with van der Waals surface area (Å²) in [7, 11) is -4.33. The van der Waals surface area contributed by atoms with Crippen LogP contribution in [-0.2, 0) is 16.3 Å². The van der Waals surface area contributed by atoms with E-state index in [1.54, 1.807) is 30.5 Å². The second kappa shape index (κ2) is 8.86. The summed E-state index contributed by atoms with van der Waals surface area (Å²) in [6.45, 7) is 8.92. The molecule has 3 aromatic heterocycles. The Balaban J connectivity index is 0.000000200. The van der Waals surface area contributed by atoms with Gasteiger partial charge in [0.05, 0.1) is 10.5 Å². The molecule has 36 heavy (non-hydrogen) atoms. The Morgan fingerprint density at radius 3 is 2.03 bits per heavy atom. The molecule has 0 aliphatic carbocycles. The van der Waals surface area contributed by atoms with Gasteiger partial charge in [-0.05, 0) is 80.1 Å². The Bertz CT molecular complexity index is 1730. The van der Waals surface area contributed by atoms with Gasteiger partial charge in [0.2, 0.25) is 0 Å². The van der Waals surface area contributed by atoms with Crippen molar-refractivity contribution < 1.29 is 30.7 Å². The summed E-state index contributed by atoms with van der Waals surface area (Å²) in [6.07, 6.45) is -2.54. The fourth-order valence-electron chi connectivity index (χ4n) is 4.45. The van der Waals surface area contributed by atoms with Gasteiger partial charge in [0.25, 0.3) is 11.0 Å². The maximum absolute atomic E-state index is 13.1. The predicted molar refractivity (Wildman–Crippen MR) is 129 cm³/mol. The van der Waals surface area contributed by atoms with Crippen molar-refractivity contribution in [3.8, 4) is 0 Å². The summed E-state index contributed by atoms with van der Waals surface area (Å²) in [5.41, 5.74) is 5.93. The molecule has 5 aromatic rings. The van der Waals surface area contributed by atoms with E-state index in [1.807, 2.05) is 49.6 Å². The largest absolute Gasteiger partial charge is 0.744 e. The van der Waals surface area contributed by atoms with Crippen LogP contribution < -0.4 is 4.52 Å². The Morgan fingerprint density at radius 1 is 0.861 bits per heavy atom. The van der Waals surface area contributed by atoms with Gasteiger partial charge in [-0.15, -0.1) is 0 Å². The third-order valence-electron chi connectivity index (χ3n) is 6.06. The van der Waals surface area contributed by atoms with Crippen LogP contribution in [-0.4, -0.2) is 22.5 Å². The van der Waals surface area contributed by atoms with Crippen molar-refractivity contribution in [2.45, 2.75) is 45.7 Å². The molecule has 0 N–H and O–H groups in total. The quantitative estimate of drug-likeness (QED) is 0.171. The molecule has 0 bridgehead atoms. The molecule has 0 saturated carbocycles. The van der Waals surface area contributed by atoms with E-state index in [9.17, 15) is 26.1 Å². The lowest BCUT2D eigenvalue weighted by molar-refractivity contribution is -0.553. The van der Waals surface area contributed by atoms with Crippen molar-refractivity contribution in [2.75, 3.05) is 0 Å². The molecule has 0 radical (unpaired) electrons. The van der Waals surface area contributed by atoms with E-state index >= 15 is 0 Å². The lowest BCUT2D eigenvalue weighted by atomic mass is 10.1. The van der Waals surface area contributed by atoms with Gasteiger partial charge in [-0.1, -0.05) is 17.7 Å². The fourth-order valence-corrected chi connectivity index (χ4v) is 5.36. The standard InChI is InChI=1S/C17H13F3N3.C9H12O3S/c1-10-8-15-13-4-3-7-22(13)14-6-5-12(17(18,19)20)9-16(14)23(15)21-11(10)2;1-6-4-7(2)9(8(3)5-6)13(10,11)12/h3-9H,1-2H3;4-5H,1-3H3,(H,10,11,12)/q+1;/p-1. The van der Waals surface area contributed by atoms with Crippen LogP contribution in [0.3, 0.4) is 0 Å². The number of hydrogen-bond donors (Lipinski definition) is 0. The van der Waals surface area contributed by atoms with Crippen molar-refractivity contribution >= 4 is 32.2 Å². The summed E-state index contributed by atoms with van der Waals surface area (Å²) in [5, 5.41) is 4.49. The van der Waals surface area contributed by atoms with E-state index < -0.39 is 21.9 Å². The number of rotatable bonds is 1. The number of fused-ring (bicyclic) bond motifs is 6. The summed E-state index contributed by atoms with van der Waals surface area (Å²) in [5.74, 6) is 0. The second-order valence-electron chi connectivity index (χ2n) is 8.86. The molecule has 0 saturated heterocycles. The molecular weight excluding hydrogens is 491 g/mol. The maximum Gasteiger partial charge on any atom is 0.416 e. The number of nitrogens with zero attached hydrogens (tertiary/aromatic N) is 3. The van der Waals surface area contributed by atoms with E-state index in [2.05, 4.69) is 5.10 Å². The minimum Gasteiger partial charge on any atom is -0.744 e. The minimum atomic E-state index is -4.38. The molecular formula is C26H24F3N3O3S. The van der Waals surface area contributed by atoms with Crippen LogP contribution in [0.4, 0.5) is 13.2 Å². The van der Waals surface area contributed by atoms with E-state index in [1.165, 1.54) is 6.07 Å². The molecule has 0 aliphatic rings. The molecule has 0 amide bonds. The van der Waals surface area contributed by atoms with Crippen LogP contribution >= 0.6 is 0 Å². The molecule has 0 aliphatic heterocycles. The molecule has 6 nitrogen and oxygen atoms in total. The first kappa shape index (κ1) is 25.6. The molecule has 3 heterocycles. The zero-order valence-corrected chi connectivity index (χ0v) is 21.1. The molecule has 188 valence electrons. The Morgan fingerprint density at radius 2 is 1.44 bits per heavy atom. The average molecular weight is 516 g/mol. The van der Waals surface area contributed by atoms with Crippen LogP contribution in [0.25, 0.3) is 22.1 Å². The van der Waals surface area contributed by atoms with Crippen LogP contribution in [0.2, 0.25) is 0 Å². The van der Waals surface area contributed by atoms with Gasteiger partial charge < -0.3 is 8.95 Å². The Kier molecular flexibility index (Phi) is 6.30. The van der Waals surface area contributed by atoms with Crippen LogP contribution in [0.1, 0.15) is 33.5 Å². The first-order valence-corrected chi connectivity index (χ1v) is 12.4. The van der Waals surface area contributed by atoms with E-state index in [-0.39, 0.29) is 4.90 Å². The molecule has 0 fully saturated rings. The Labute approximate surface area is 206 Å². The summed E-state index contributed by atoms with van der Waals surface area (Å²) in [4.78, 5) is -0.0851. The number of aromatic nitrogens is 3. The van der Waals surface area contributed by atoms with E-state index in [0.717, 1.165) is 40.0 Å². The predicted octanol–water partition coefficient (Wildman–Crippen LogP) is 5.38. The molecule has 0 spiro atoms. The highest BCUT2D eigenvalue weighted by Gasteiger charge is 2.32. The summed E-state index contributed by atoms with van der Waals surface area (Å²) < 4.78 is 75.2. The van der Waals surface area contributed by atoms with Crippen molar-refractivity contribution in [1.82, 2.24) is 9.50 Å². The first-order chi connectivity index (χ1) is 16.7. The highest BCUT2D eigenvalue weighted by Crippen LogP contribution is 2.31. The van der Waals surface area contributed by atoms with Gasteiger partial charge >= 0.3 is 6.18 Å². The number of alkyl halides is 3. The van der Waals surface area contributed by atoms with Crippen molar-refractivity contribution in [3.63, 3.8) is 0 Å². The topological polar surface area (TPSA) is 78.6 Å². The molecule has 0 atom stereocenters. The lowest BCUT2D eigenvalue weighted by Gasteiger charge is -2.14. The first-order valence-electron chi connectivity index (χ1n) is 11.0. The van der Waals surface area contributed by atoms with Crippen molar-refractivity contribution in [3.05, 3.63) is 88.2 Å². The number of benzene rings is 2. The van der Waals surface area contributed by atoms with Gasteiger partial charge in [0, 0.05) is 23.4 Å². The maximum atomic E-state index is 13.1. The van der Waals surface area contributed by atoms with Crippen LogP contribution in [0.15, 0.2) is 59.6 Å². The molecule has 5 rings (SSSR count). The van der Waals surface area contributed by atoms with Crippen molar-refractivity contribution in [2.24, 2.45) is 0 Å². The summed E-state index contributed by atoms with van der Waals surface area (Å²) in [6, 6.07) is 12.9. The third-order valence-corrected chi connectivity index (χ3v) is 7.20. The highest BCUT2D eigenvalue weighted by atomic mass is 32.2. The second-order valence-corrected chi connectivity index (χ2v) is 10.2. The zero-order chi connectivity index (χ0) is 26.6. The van der Waals surface area contributed by atoms with Gasteiger partial charge in [-0.25, -0.2) is 8.42 Å². The number of halogens is 3. The summed E-state index contributed by atoms with van der Waals surface area (Å²) >= 11 is 0. The van der Waals surface area contributed by atoms with Gasteiger partial charge in [-0.2, -0.15) is 13.2 Å². The fraction of sp³-hybridized carbons (Fsp3) is 0.231. The van der Waals surface area contributed by atoms with Crippen molar-refractivity contribution in [1.29, 1.82) is 0 Å². The molecule has 2 aromatic carbocycles. The Hall–Kier alpha value is -3.50. The normalized spacial score (nSPS) is 12.2. The van der Waals surface area contributed by atoms with Crippen LogP contribution in [0, 0.1) is 34.6 Å².